The monoisotopic (exact) mass is 402 g/mol. The first-order chi connectivity index (χ1) is 13.2. The third-order valence-electron chi connectivity index (χ3n) is 4.22. The number of aryl methyl sites for hydroxylation is 1. The molecule has 0 unspecified atom stereocenters. The number of aromatic nitrogens is 3. The summed E-state index contributed by atoms with van der Waals surface area (Å²) >= 11 is 7.44. The van der Waals surface area contributed by atoms with Crippen molar-refractivity contribution in [1.82, 2.24) is 14.5 Å². The summed E-state index contributed by atoms with van der Waals surface area (Å²) in [6.45, 7) is 3.12. The molecule has 0 radical (unpaired) electrons. The maximum absolute atomic E-state index is 12.3. The van der Waals surface area contributed by atoms with Gasteiger partial charge < -0.3 is 9.88 Å². The highest BCUT2D eigenvalue weighted by Crippen LogP contribution is 2.25. The summed E-state index contributed by atoms with van der Waals surface area (Å²) in [5.74, 6) is 0.142. The number of benzene rings is 1. The molecule has 0 bridgehead atoms. The summed E-state index contributed by atoms with van der Waals surface area (Å²) in [5.41, 5.74) is 2.61. The Hall–Kier alpha value is -2.05. The second-order valence-electron chi connectivity index (χ2n) is 6.27. The predicted molar refractivity (Wildman–Crippen MR) is 112 cm³/mol. The van der Waals surface area contributed by atoms with E-state index in [1.807, 2.05) is 18.2 Å². The number of nitrogens with one attached hydrogen (secondary N) is 1. The zero-order chi connectivity index (χ0) is 19.1. The summed E-state index contributed by atoms with van der Waals surface area (Å²) in [5, 5.41) is 3.97. The number of imidazole rings is 1. The van der Waals surface area contributed by atoms with Crippen LogP contribution < -0.4 is 5.32 Å². The summed E-state index contributed by atoms with van der Waals surface area (Å²) < 4.78 is 2.22. The molecular weight excluding hydrogens is 380 g/mol. The minimum absolute atomic E-state index is 0.125. The molecule has 3 aromatic rings. The van der Waals surface area contributed by atoms with Crippen molar-refractivity contribution < 1.29 is 4.79 Å². The van der Waals surface area contributed by atoms with E-state index in [2.05, 4.69) is 27.9 Å². The molecule has 2 heterocycles. The van der Waals surface area contributed by atoms with Crippen molar-refractivity contribution >= 4 is 46.0 Å². The first kappa shape index (κ1) is 19.7. The first-order valence-corrected chi connectivity index (χ1v) is 10.5. The number of para-hydroxylation sites is 2. The topological polar surface area (TPSA) is 59.8 Å². The number of rotatable bonds is 9. The lowest BCUT2D eigenvalue weighted by Gasteiger charge is -2.09. The van der Waals surface area contributed by atoms with Crippen LogP contribution in [0.4, 0.5) is 5.69 Å². The van der Waals surface area contributed by atoms with Crippen LogP contribution in [0.3, 0.4) is 0 Å². The summed E-state index contributed by atoms with van der Waals surface area (Å²) in [7, 11) is 0. The largest absolute Gasteiger partial charge is 0.323 e. The summed E-state index contributed by atoms with van der Waals surface area (Å²) in [6, 6.07) is 11.6. The third kappa shape index (κ3) is 5.23. The maximum Gasteiger partial charge on any atom is 0.234 e. The number of halogens is 1. The van der Waals surface area contributed by atoms with Gasteiger partial charge in [0.25, 0.3) is 0 Å². The lowest BCUT2D eigenvalue weighted by Crippen LogP contribution is -2.15. The maximum atomic E-state index is 12.3. The van der Waals surface area contributed by atoms with Gasteiger partial charge in [-0.05, 0) is 30.7 Å². The highest BCUT2D eigenvalue weighted by atomic mass is 35.5. The van der Waals surface area contributed by atoms with Crippen molar-refractivity contribution in [2.45, 2.75) is 44.3 Å². The van der Waals surface area contributed by atoms with Crippen LogP contribution in [0.2, 0.25) is 5.15 Å². The number of unbranched alkanes of at least 4 members (excludes halogenated alkanes) is 3. The van der Waals surface area contributed by atoms with Gasteiger partial charge in [-0.2, -0.15) is 0 Å². The minimum Gasteiger partial charge on any atom is -0.323 e. The van der Waals surface area contributed by atoms with Gasteiger partial charge in [0.1, 0.15) is 0 Å². The molecular formula is C20H23ClN4OS. The van der Waals surface area contributed by atoms with Gasteiger partial charge in [0.05, 0.1) is 22.5 Å². The summed E-state index contributed by atoms with van der Waals surface area (Å²) in [4.78, 5) is 21.0. The number of thioether (sulfide) groups is 1. The molecule has 0 saturated carbocycles. The Balaban J connectivity index is 1.68. The van der Waals surface area contributed by atoms with Crippen LogP contribution in [-0.4, -0.2) is 26.2 Å². The molecule has 0 atom stereocenters. The van der Waals surface area contributed by atoms with Crippen LogP contribution in [0.25, 0.3) is 11.0 Å². The van der Waals surface area contributed by atoms with Crippen molar-refractivity contribution in [2.75, 3.05) is 11.1 Å². The average molecular weight is 403 g/mol. The number of pyridine rings is 1. The highest BCUT2D eigenvalue weighted by molar-refractivity contribution is 7.99. The molecule has 5 nitrogen and oxygen atoms in total. The molecule has 0 aliphatic carbocycles. The number of anilines is 1. The van der Waals surface area contributed by atoms with Crippen molar-refractivity contribution in [3.8, 4) is 0 Å². The molecule has 2 aromatic heterocycles. The van der Waals surface area contributed by atoms with Crippen LogP contribution in [0, 0.1) is 0 Å². The van der Waals surface area contributed by atoms with Crippen LogP contribution in [0.5, 0.6) is 0 Å². The van der Waals surface area contributed by atoms with Gasteiger partial charge in [-0.3, -0.25) is 4.79 Å². The van der Waals surface area contributed by atoms with E-state index in [9.17, 15) is 4.79 Å². The Bertz CT molecular complexity index is 912. The van der Waals surface area contributed by atoms with E-state index in [0.717, 1.165) is 29.2 Å². The smallest absolute Gasteiger partial charge is 0.234 e. The van der Waals surface area contributed by atoms with Crippen molar-refractivity contribution in [2.24, 2.45) is 0 Å². The van der Waals surface area contributed by atoms with Crippen LogP contribution in [0.1, 0.15) is 32.6 Å². The van der Waals surface area contributed by atoms with Crippen molar-refractivity contribution in [3.05, 3.63) is 47.7 Å². The van der Waals surface area contributed by atoms with Gasteiger partial charge in [0.15, 0.2) is 10.3 Å². The Morgan fingerprint density at radius 1 is 1.19 bits per heavy atom. The lowest BCUT2D eigenvalue weighted by molar-refractivity contribution is -0.113. The Labute approximate surface area is 168 Å². The number of hydrogen-bond acceptors (Lipinski definition) is 4. The van der Waals surface area contributed by atoms with Gasteiger partial charge in [0.2, 0.25) is 5.91 Å². The summed E-state index contributed by atoms with van der Waals surface area (Å²) in [6.07, 6.45) is 6.35. The predicted octanol–water partition coefficient (Wildman–Crippen LogP) is 5.40. The zero-order valence-corrected chi connectivity index (χ0v) is 16.9. The Kier molecular flexibility index (Phi) is 7.12. The fourth-order valence-corrected chi connectivity index (χ4v) is 3.88. The van der Waals surface area contributed by atoms with E-state index < -0.39 is 0 Å². The van der Waals surface area contributed by atoms with E-state index in [1.54, 1.807) is 18.3 Å². The number of amides is 1. The molecule has 1 N–H and O–H groups in total. The molecule has 7 heteroatoms. The first-order valence-electron chi connectivity index (χ1n) is 9.17. The second-order valence-corrected chi connectivity index (χ2v) is 7.57. The molecule has 0 fully saturated rings. The lowest BCUT2D eigenvalue weighted by atomic mass is 10.2. The Morgan fingerprint density at radius 3 is 2.85 bits per heavy atom. The highest BCUT2D eigenvalue weighted by Gasteiger charge is 2.13. The minimum atomic E-state index is -0.125. The standard InChI is InChI=1S/C20H23ClN4OS/c1-2-3-4-7-13-25-17-11-6-5-9-15(17)24-20(25)27-14-18(26)23-16-10-8-12-22-19(16)21/h5-6,8-12H,2-4,7,13-14H2,1H3,(H,23,26). The van der Waals surface area contributed by atoms with E-state index in [0.29, 0.717) is 10.8 Å². The molecule has 1 aromatic carbocycles. The van der Waals surface area contributed by atoms with E-state index >= 15 is 0 Å². The Morgan fingerprint density at radius 2 is 2.04 bits per heavy atom. The van der Waals surface area contributed by atoms with Crippen LogP contribution in [-0.2, 0) is 11.3 Å². The van der Waals surface area contributed by atoms with E-state index in [-0.39, 0.29) is 11.7 Å². The van der Waals surface area contributed by atoms with E-state index in [4.69, 9.17) is 16.6 Å². The van der Waals surface area contributed by atoms with Crippen molar-refractivity contribution in [1.29, 1.82) is 0 Å². The molecule has 3 rings (SSSR count). The third-order valence-corrected chi connectivity index (χ3v) is 5.50. The normalized spacial score (nSPS) is 11.0. The molecule has 1 amide bonds. The van der Waals surface area contributed by atoms with Crippen LogP contribution in [0.15, 0.2) is 47.8 Å². The molecule has 0 aliphatic rings. The fraction of sp³-hybridized carbons (Fsp3) is 0.350. The van der Waals surface area contributed by atoms with Gasteiger partial charge in [-0.15, -0.1) is 0 Å². The number of fused-ring (bicyclic) bond motifs is 1. The molecule has 0 spiro atoms. The van der Waals surface area contributed by atoms with Gasteiger partial charge in [-0.1, -0.05) is 61.7 Å². The zero-order valence-electron chi connectivity index (χ0n) is 15.3. The number of hydrogen-bond donors (Lipinski definition) is 1. The molecule has 142 valence electrons. The number of nitrogens with zero attached hydrogens (tertiary/aromatic N) is 3. The van der Waals surface area contributed by atoms with E-state index in [1.165, 1.54) is 31.0 Å². The second kappa shape index (κ2) is 9.76. The van der Waals surface area contributed by atoms with Gasteiger partial charge >= 0.3 is 0 Å². The van der Waals surface area contributed by atoms with Gasteiger partial charge in [-0.25, -0.2) is 9.97 Å². The molecule has 27 heavy (non-hydrogen) atoms. The number of carbonyl (C=O) groups is 1. The number of carbonyl (C=O) groups excluding carboxylic acids is 1. The SMILES string of the molecule is CCCCCCn1c(SCC(=O)Nc2cccnc2Cl)nc2ccccc21. The fourth-order valence-electron chi connectivity index (χ4n) is 2.87. The van der Waals surface area contributed by atoms with Gasteiger partial charge in [0, 0.05) is 12.7 Å². The quantitative estimate of drug-likeness (QED) is 0.296. The average Bonchev–Trinajstić information content (AvgIpc) is 3.03. The molecule has 0 aliphatic heterocycles. The van der Waals surface area contributed by atoms with Crippen molar-refractivity contribution in [3.63, 3.8) is 0 Å². The molecule has 0 saturated heterocycles. The van der Waals surface area contributed by atoms with Crippen LogP contribution >= 0.6 is 23.4 Å².